The zero-order chi connectivity index (χ0) is 15.7. The smallest absolute Gasteiger partial charge is 0.207 e. The first-order chi connectivity index (χ1) is 10.5. The van der Waals surface area contributed by atoms with Crippen molar-refractivity contribution in [3.8, 4) is 0 Å². The molecule has 2 aromatic rings. The Morgan fingerprint density at radius 1 is 1.05 bits per heavy atom. The minimum Gasteiger partial charge on any atom is -0.207 e. The van der Waals surface area contributed by atoms with Crippen LogP contribution in [0.25, 0.3) is 5.57 Å². The Balaban J connectivity index is 1.94. The number of sulfonamides is 1. The number of benzene rings is 2. The molecule has 1 aliphatic rings. The highest BCUT2D eigenvalue weighted by Gasteiger charge is 2.27. The molecular formula is C18H19NO2S. The summed E-state index contributed by atoms with van der Waals surface area (Å²) in [4.78, 5) is 0.344. The molecule has 0 aromatic heterocycles. The van der Waals surface area contributed by atoms with Gasteiger partial charge in [-0.2, -0.15) is 4.31 Å². The van der Waals surface area contributed by atoms with Crippen molar-refractivity contribution in [2.24, 2.45) is 0 Å². The van der Waals surface area contributed by atoms with Crippen LogP contribution in [0.2, 0.25) is 0 Å². The van der Waals surface area contributed by atoms with Gasteiger partial charge in [0.2, 0.25) is 10.0 Å². The van der Waals surface area contributed by atoms with E-state index in [1.165, 1.54) is 4.31 Å². The maximum absolute atomic E-state index is 12.8. The van der Waals surface area contributed by atoms with Crippen LogP contribution in [-0.2, 0) is 16.4 Å². The van der Waals surface area contributed by atoms with E-state index >= 15 is 0 Å². The van der Waals surface area contributed by atoms with Crippen LogP contribution < -0.4 is 0 Å². The third-order valence-corrected chi connectivity index (χ3v) is 5.91. The van der Waals surface area contributed by atoms with Crippen molar-refractivity contribution in [1.29, 1.82) is 0 Å². The van der Waals surface area contributed by atoms with Gasteiger partial charge in [-0.1, -0.05) is 48.5 Å². The lowest BCUT2D eigenvalue weighted by Gasteiger charge is -2.20. The summed E-state index contributed by atoms with van der Waals surface area (Å²) in [6, 6.07) is 15.0. The summed E-state index contributed by atoms with van der Waals surface area (Å²) >= 11 is 0. The summed E-state index contributed by atoms with van der Waals surface area (Å²) in [5.41, 5.74) is 4.13. The maximum atomic E-state index is 12.8. The van der Waals surface area contributed by atoms with Crippen LogP contribution in [-0.4, -0.2) is 25.8 Å². The van der Waals surface area contributed by atoms with Gasteiger partial charge in [0.25, 0.3) is 0 Å². The van der Waals surface area contributed by atoms with Crippen molar-refractivity contribution in [2.75, 3.05) is 13.1 Å². The molecule has 2 aromatic carbocycles. The second-order valence-corrected chi connectivity index (χ2v) is 7.60. The van der Waals surface area contributed by atoms with Gasteiger partial charge in [0.1, 0.15) is 0 Å². The van der Waals surface area contributed by atoms with E-state index < -0.39 is 10.0 Å². The molecule has 3 nitrogen and oxygen atoms in total. The molecule has 0 spiro atoms. The number of hydrogen-bond acceptors (Lipinski definition) is 2. The fraction of sp³-hybridized carbons (Fsp3) is 0.222. The van der Waals surface area contributed by atoms with E-state index in [1.807, 2.05) is 43.3 Å². The Labute approximate surface area is 132 Å². The molecule has 0 radical (unpaired) electrons. The van der Waals surface area contributed by atoms with E-state index in [2.05, 4.69) is 6.58 Å². The molecule has 0 saturated heterocycles. The third kappa shape index (κ3) is 2.72. The average Bonchev–Trinajstić information content (AvgIpc) is 2.68. The van der Waals surface area contributed by atoms with Gasteiger partial charge < -0.3 is 0 Å². The fourth-order valence-electron chi connectivity index (χ4n) is 2.77. The highest BCUT2D eigenvalue weighted by molar-refractivity contribution is 7.89. The summed E-state index contributed by atoms with van der Waals surface area (Å²) in [5.74, 6) is 0. The maximum Gasteiger partial charge on any atom is 0.243 e. The Morgan fingerprint density at radius 3 is 2.45 bits per heavy atom. The highest BCUT2D eigenvalue weighted by atomic mass is 32.2. The van der Waals surface area contributed by atoms with Crippen LogP contribution in [0.1, 0.15) is 16.7 Å². The van der Waals surface area contributed by atoms with Gasteiger partial charge in [0.15, 0.2) is 0 Å². The SMILES string of the molecule is C=C1CN(S(=O)(=O)c2ccc(C)cc2)CCc2ccccc21. The molecule has 114 valence electrons. The molecule has 0 bridgehead atoms. The molecule has 0 unspecified atom stereocenters. The van der Waals surface area contributed by atoms with Crippen LogP contribution >= 0.6 is 0 Å². The van der Waals surface area contributed by atoms with E-state index in [1.54, 1.807) is 12.1 Å². The quantitative estimate of drug-likeness (QED) is 0.853. The Bertz CT molecular complexity index is 807. The lowest BCUT2D eigenvalue weighted by Crippen LogP contribution is -2.33. The van der Waals surface area contributed by atoms with Crippen molar-refractivity contribution in [3.05, 3.63) is 71.8 Å². The fourth-order valence-corrected chi connectivity index (χ4v) is 4.21. The average molecular weight is 313 g/mol. The van der Waals surface area contributed by atoms with Gasteiger partial charge in [0, 0.05) is 13.1 Å². The molecule has 0 saturated carbocycles. The molecule has 22 heavy (non-hydrogen) atoms. The predicted molar refractivity (Wildman–Crippen MR) is 89.1 cm³/mol. The molecule has 1 heterocycles. The minimum atomic E-state index is -3.48. The Morgan fingerprint density at radius 2 is 1.73 bits per heavy atom. The number of fused-ring (bicyclic) bond motifs is 1. The predicted octanol–water partition coefficient (Wildman–Crippen LogP) is 3.26. The first-order valence-electron chi connectivity index (χ1n) is 7.31. The molecule has 0 N–H and O–H groups in total. The van der Waals surface area contributed by atoms with Gasteiger partial charge in [-0.05, 0) is 42.2 Å². The van der Waals surface area contributed by atoms with Crippen molar-refractivity contribution >= 4 is 15.6 Å². The number of aryl methyl sites for hydroxylation is 1. The van der Waals surface area contributed by atoms with Crippen molar-refractivity contribution < 1.29 is 8.42 Å². The van der Waals surface area contributed by atoms with Gasteiger partial charge in [0.05, 0.1) is 4.90 Å². The summed E-state index contributed by atoms with van der Waals surface area (Å²) in [6.45, 7) is 6.85. The van der Waals surface area contributed by atoms with Gasteiger partial charge >= 0.3 is 0 Å². The zero-order valence-corrected chi connectivity index (χ0v) is 13.4. The molecule has 0 aliphatic carbocycles. The zero-order valence-electron chi connectivity index (χ0n) is 12.6. The largest absolute Gasteiger partial charge is 0.243 e. The van der Waals surface area contributed by atoms with E-state index in [0.29, 0.717) is 24.4 Å². The molecule has 0 fully saturated rings. The molecule has 4 heteroatoms. The first-order valence-corrected chi connectivity index (χ1v) is 8.75. The summed E-state index contributed by atoms with van der Waals surface area (Å²) in [6.07, 6.45) is 0.709. The topological polar surface area (TPSA) is 37.4 Å². The number of rotatable bonds is 2. The summed E-state index contributed by atoms with van der Waals surface area (Å²) in [7, 11) is -3.48. The summed E-state index contributed by atoms with van der Waals surface area (Å²) < 4.78 is 27.2. The van der Waals surface area contributed by atoms with Crippen LogP contribution in [0.15, 0.2) is 60.0 Å². The number of hydrogen-bond donors (Lipinski definition) is 0. The lowest BCUT2D eigenvalue weighted by molar-refractivity contribution is 0.453. The molecule has 3 rings (SSSR count). The molecule has 0 atom stereocenters. The number of nitrogens with zero attached hydrogens (tertiary/aromatic N) is 1. The standard InChI is InChI=1S/C18H19NO2S/c1-14-7-9-17(10-8-14)22(20,21)19-12-11-16-5-3-4-6-18(16)15(2)13-19/h3-10H,2,11-13H2,1H3. The van der Waals surface area contributed by atoms with E-state index in [4.69, 9.17) is 0 Å². The first kappa shape index (κ1) is 15.0. The molecule has 1 aliphatic heterocycles. The lowest BCUT2D eigenvalue weighted by atomic mass is 10.0. The van der Waals surface area contributed by atoms with Crippen LogP contribution in [0.5, 0.6) is 0 Å². The van der Waals surface area contributed by atoms with E-state index in [-0.39, 0.29) is 0 Å². The van der Waals surface area contributed by atoms with Crippen LogP contribution in [0, 0.1) is 6.92 Å². The Kier molecular flexibility index (Phi) is 3.89. The molecular weight excluding hydrogens is 294 g/mol. The highest BCUT2D eigenvalue weighted by Crippen LogP contribution is 2.27. The normalized spacial score (nSPS) is 16.1. The minimum absolute atomic E-state index is 0.340. The second-order valence-electron chi connectivity index (χ2n) is 5.66. The second kappa shape index (κ2) is 5.71. The van der Waals surface area contributed by atoms with Crippen LogP contribution in [0.3, 0.4) is 0 Å². The van der Waals surface area contributed by atoms with Crippen molar-refractivity contribution in [1.82, 2.24) is 4.31 Å². The van der Waals surface area contributed by atoms with Crippen molar-refractivity contribution in [2.45, 2.75) is 18.2 Å². The van der Waals surface area contributed by atoms with Gasteiger partial charge in [-0.3, -0.25) is 0 Å². The molecule has 0 amide bonds. The Hall–Kier alpha value is -1.91. The van der Waals surface area contributed by atoms with Gasteiger partial charge in [-0.15, -0.1) is 0 Å². The van der Waals surface area contributed by atoms with Crippen LogP contribution in [0.4, 0.5) is 0 Å². The van der Waals surface area contributed by atoms with E-state index in [0.717, 1.165) is 22.3 Å². The van der Waals surface area contributed by atoms with E-state index in [9.17, 15) is 8.42 Å². The third-order valence-electron chi connectivity index (χ3n) is 4.05. The monoisotopic (exact) mass is 313 g/mol. The summed E-state index contributed by atoms with van der Waals surface area (Å²) in [5, 5.41) is 0. The van der Waals surface area contributed by atoms with Crippen molar-refractivity contribution in [3.63, 3.8) is 0 Å². The van der Waals surface area contributed by atoms with Gasteiger partial charge in [-0.25, -0.2) is 8.42 Å².